The minimum atomic E-state index is 0.556. The maximum absolute atomic E-state index is 5.59. The fourth-order valence-corrected chi connectivity index (χ4v) is 2.22. The molecule has 0 aliphatic rings. The molecule has 0 aliphatic heterocycles. The van der Waals surface area contributed by atoms with Crippen molar-refractivity contribution in [3.8, 4) is 5.75 Å². The van der Waals surface area contributed by atoms with Gasteiger partial charge in [-0.25, -0.2) is 4.52 Å². The van der Waals surface area contributed by atoms with E-state index in [9.17, 15) is 0 Å². The second kappa shape index (κ2) is 5.92. The molecule has 0 saturated heterocycles. The normalized spacial score (nSPS) is 10.7. The van der Waals surface area contributed by atoms with Crippen molar-refractivity contribution in [1.29, 1.82) is 0 Å². The molecule has 0 unspecified atom stereocenters. The van der Waals surface area contributed by atoms with Crippen LogP contribution in [0.5, 0.6) is 5.75 Å². The van der Waals surface area contributed by atoms with Crippen LogP contribution in [0.15, 0.2) is 53.1 Å². The Labute approximate surface area is 124 Å². The Kier molecular flexibility index (Phi) is 3.83. The molecule has 0 radical (unpaired) electrons. The third-order valence-corrected chi connectivity index (χ3v) is 3.33. The number of para-hydroxylation sites is 1. The highest BCUT2D eigenvalue weighted by Gasteiger charge is 2.05. The van der Waals surface area contributed by atoms with Gasteiger partial charge in [0.05, 0.1) is 11.0 Å². The number of hydrogen-bond acceptors (Lipinski definition) is 4. The molecule has 2 aromatic heterocycles. The summed E-state index contributed by atoms with van der Waals surface area (Å²) in [6.07, 6.45) is 1.86. The number of benzene rings is 1. The number of fused-ring (bicyclic) bond motifs is 1. The van der Waals surface area contributed by atoms with Gasteiger partial charge in [-0.3, -0.25) is 0 Å². The predicted molar refractivity (Wildman–Crippen MR) is 81.1 cm³/mol. The summed E-state index contributed by atoms with van der Waals surface area (Å²) < 4.78 is 8.24. The van der Waals surface area contributed by atoms with E-state index in [0.29, 0.717) is 19.1 Å². The lowest BCUT2D eigenvalue weighted by atomic mass is 10.3. The molecule has 6 heteroatoms. The van der Waals surface area contributed by atoms with Gasteiger partial charge in [-0.2, -0.15) is 4.98 Å². The summed E-state index contributed by atoms with van der Waals surface area (Å²) in [6.45, 7) is 1.20. The van der Waals surface area contributed by atoms with Gasteiger partial charge in [-0.05, 0) is 40.2 Å². The van der Waals surface area contributed by atoms with Crippen LogP contribution in [0.2, 0.25) is 0 Å². The van der Waals surface area contributed by atoms with E-state index in [-0.39, 0.29) is 0 Å². The van der Waals surface area contributed by atoms with Gasteiger partial charge in [0, 0.05) is 6.20 Å². The van der Waals surface area contributed by atoms with Crippen molar-refractivity contribution in [2.75, 3.05) is 18.5 Å². The second-order valence-electron chi connectivity index (χ2n) is 4.15. The molecule has 0 spiro atoms. The highest BCUT2D eigenvalue weighted by atomic mass is 79.9. The summed E-state index contributed by atoms with van der Waals surface area (Å²) in [5.41, 5.74) is 0.791. The maximum atomic E-state index is 5.59. The summed E-state index contributed by atoms with van der Waals surface area (Å²) in [7, 11) is 0. The zero-order valence-corrected chi connectivity index (χ0v) is 12.2. The van der Waals surface area contributed by atoms with Crippen molar-refractivity contribution in [2.24, 2.45) is 0 Å². The van der Waals surface area contributed by atoms with Crippen LogP contribution in [-0.4, -0.2) is 27.7 Å². The minimum Gasteiger partial charge on any atom is -0.492 e. The number of aromatic nitrogens is 3. The number of halogens is 1. The molecule has 1 N–H and O–H groups in total. The molecule has 5 nitrogen and oxygen atoms in total. The Bertz CT molecular complexity index is 699. The molecule has 3 aromatic rings. The van der Waals surface area contributed by atoms with Crippen LogP contribution in [0.4, 0.5) is 5.95 Å². The van der Waals surface area contributed by atoms with Gasteiger partial charge in [0.25, 0.3) is 0 Å². The smallest absolute Gasteiger partial charge is 0.243 e. The topological polar surface area (TPSA) is 51.5 Å². The van der Waals surface area contributed by atoms with Crippen LogP contribution < -0.4 is 10.1 Å². The lowest BCUT2D eigenvalue weighted by Gasteiger charge is -2.05. The lowest BCUT2D eigenvalue weighted by molar-refractivity contribution is 0.332. The number of nitrogens with one attached hydrogen (secondary N) is 1. The third-order valence-electron chi connectivity index (χ3n) is 2.71. The highest BCUT2D eigenvalue weighted by molar-refractivity contribution is 9.10. The van der Waals surface area contributed by atoms with E-state index < -0.39 is 0 Å². The number of ether oxygens (including phenoxy) is 1. The van der Waals surface area contributed by atoms with Gasteiger partial charge in [-0.15, -0.1) is 5.10 Å². The van der Waals surface area contributed by atoms with Crippen molar-refractivity contribution in [3.63, 3.8) is 0 Å². The Balaban J connectivity index is 1.56. The molecule has 0 saturated carbocycles. The first kappa shape index (κ1) is 12.9. The molecule has 20 heavy (non-hydrogen) atoms. The van der Waals surface area contributed by atoms with Crippen molar-refractivity contribution in [3.05, 3.63) is 53.1 Å². The Morgan fingerprint density at radius 1 is 1.15 bits per heavy atom. The van der Waals surface area contributed by atoms with E-state index in [1.807, 2.05) is 48.7 Å². The number of anilines is 1. The molecule has 0 bridgehead atoms. The number of rotatable bonds is 5. The van der Waals surface area contributed by atoms with E-state index in [0.717, 1.165) is 15.9 Å². The zero-order valence-electron chi connectivity index (χ0n) is 10.7. The van der Waals surface area contributed by atoms with Crippen molar-refractivity contribution >= 4 is 27.5 Å². The minimum absolute atomic E-state index is 0.556. The molecule has 102 valence electrons. The van der Waals surface area contributed by atoms with Gasteiger partial charge in [0.1, 0.15) is 12.4 Å². The molecule has 1 aromatic carbocycles. The molecular weight excluding hydrogens is 320 g/mol. The van der Waals surface area contributed by atoms with Gasteiger partial charge in [0.15, 0.2) is 5.65 Å². The standard InChI is InChI=1S/C14H13BrN4O/c15-12-7-4-9-19-13(12)17-14(18-19)16-8-10-20-11-5-2-1-3-6-11/h1-7,9H,8,10H2,(H,16,18). The number of nitrogens with zero attached hydrogens (tertiary/aromatic N) is 3. The second-order valence-corrected chi connectivity index (χ2v) is 5.00. The zero-order chi connectivity index (χ0) is 13.8. The molecule has 0 atom stereocenters. The fraction of sp³-hybridized carbons (Fsp3) is 0.143. The van der Waals surface area contributed by atoms with E-state index in [4.69, 9.17) is 4.74 Å². The first-order valence-electron chi connectivity index (χ1n) is 6.25. The predicted octanol–water partition coefficient (Wildman–Crippen LogP) is 2.98. The molecule has 0 fully saturated rings. The summed E-state index contributed by atoms with van der Waals surface area (Å²) in [6, 6.07) is 13.6. The average Bonchev–Trinajstić information content (AvgIpc) is 2.89. The first-order valence-corrected chi connectivity index (χ1v) is 7.05. The summed E-state index contributed by atoms with van der Waals surface area (Å²) >= 11 is 3.45. The largest absolute Gasteiger partial charge is 0.492 e. The number of hydrogen-bond donors (Lipinski definition) is 1. The van der Waals surface area contributed by atoms with Crippen LogP contribution in [0, 0.1) is 0 Å². The number of pyridine rings is 1. The van der Waals surface area contributed by atoms with E-state index in [1.54, 1.807) is 4.52 Å². The summed E-state index contributed by atoms with van der Waals surface area (Å²) in [5.74, 6) is 1.45. The molecule has 0 aliphatic carbocycles. The van der Waals surface area contributed by atoms with Crippen LogP contribution in [0.3, 0.4) is 0 Å². The van der Waals surface area contributed by atoms with E-state index in [1.165, 1.54) is 0 Å². The van der Waals surface area contributed by atoms with Crippen LogP contribution in [0.1, 0.15) is 0 Å². The quantitative estimate of drug-likeness (QED) is 0.730. The Morgan fingerprint density at radius 2 is 2.00 bits per heavy atom. The molecular formula is C14H13BrN4O. The fourth-order valence-electron chi connectivity index (χ4n) is 1.80. The van der Waals surface area contributed by atoms with E-state index >= 15 is 0 Å². The molecule has 3 rings (SSSR count). The third kappa shape index (κ3) is 2.91. The van der Waals surface area contributed by atoms with Crippen molar-refractivity contribution in [2.45, 2.75) is 0 Å². The maximum Gasteiger partial charge on any atom is 0.243 e. The van der Waals surface area contributed by atoms with Crippen LogP contribution in [0.25, 0.3) is 5.65 Å². The highest BCUT2D eigenvalue weighted by Crippen LogP contribution is 2.16. The van der Waals surface area contributed by atoms with Gasteiger partial charge >= 0.3 is 0 Å². The van der Waals surface area contributed by atoms with Crippen LogP contribution >= 0.6 is 15.9 Å². The van der Waals surface area contributed by atoms with Crippen LogP contribution in [-0.2, 0) is 0 Å². The SMILES string of the molecule is Brc1cccn2nc(NCCOc3ccccc3)nc12. The Hall–Kier alpha value is -2.08. The Morgan fingerprint density at radius 3 is 2.80 bits per heavy atom. The summed E-state index contributed by atoms with van der Waals surface area (Å²) in [4.78, 5) is 4.40. The van der Waals surface area contributed by atoms with E-state index in [2.05, 4.69) is 31.3 Å². The average molecular weight is 333 g/mol. The van der Waals surface area contributed by atoms with Crippen molar-refractivity contribution in [1.82, 2.24) is 14.6 Å². The summed E-state index contributed by atoms with van der Waals surface area (Å²) in [5, 5.41) is 7.47. The molecule has 2 heterocycles. The first-order chi connectivity index (χ1) is 9.83. The monoisotopic (exact) mass is 332 g/mol. The van der Waals surface area contributed by atoms with Gasteiger partial charge < -0.3 is 10.1 Å². The van der Waals surface area contributed by atoms with Gasteiger partial charge in [-0.1, -0.05) is 18.2 Å². The molecule has 0 amide bonds. The lowest BCUT2D eigenvalue weighted by Crippen LogP contribution is -2.12. The van der Waals surface area contributed by atoms with Gasteiger partial charge in [0.2, 0.25) is 5.95 Å². The van der Waals surface area contributed by atoms with Crippen molar-refractivity contribution < 1.29 is 4.74 Å².